The van der Waals surface area contributed by atoms with Crippen molar-refractivity contribution in [1.82, 2.24) is 4.90 Å². The van der Waals surface area contributed by atoms with E-state index in [1.54, 1.807) is 0 Å². The van der Waals surface area contributed by atoms with Crippen molar-refractivity contribution in [3.8, 4) is 0 Å². The summed E-state index contributed by atoms with van der Waals surface area (Å²) in [5, 5.41) is 0. The lowest BCUT2D eigenvalue weighted by Crippen LogP contribution is -2.27. The maximum Gasteiger partial charge on any atom is 0.0766 e. The number of hydrogen-bond donors (Lipinski definition) is 0. The monoisotopic (exact) mass is 197 g/mol. The van der Waals surface area contributed by atoms with Crippen molar-refractivity contribution in [2.75, 3.05) is 26.7 Å². The van der Waals surface area contributed by atoms with Gasteiger partial charge in [-0.1, -0.05) is 20.3 Å². The normalized spacial score (nSPS) is 32.4. The molecule has 2 aliphatic rings. The van der Waals surface area contributed by atoms with Crippen molar-refractivity contribution in [3.63, 3.8) is 0 Å². The molecule has 0 aromatic rings. The van der Waals surface area contributed by atoms with E-state index in [2.05, 4.69) is 18.7 Å². The molecule has 14 heavy (non-hydrogen) atoms. The molecule has 1 aliphatic heterocycles. The first-order valence-corrected chi connectivity index (χ1v) is 5.95. The van der Waals surface area contributed by atoms with Crippen LogP contribution in [0.3, 0.4) is 0 Å². The molecule has 1 heterocycles. The van der Waals surface area contributed by atoms with Gasteiger partial charge in [0.15, 0.2) is 0 Å². The number of rotatable bonds is 4. The molecule has 82 valence electrons. The molecule has 2 heteroatoms. The molecule has 0 amide bonds. The first kappa shape index (κ1) is 10.4. The summed E-state index contributed by atoms with van der Waals surface area (Å²) in [6.45, 7) is 8.34. The molecule has 0 radical (unpaired) electrons. The average Bonchev–Trinajstić information content (AvgIpc) is 2.84. The van der Waals surface area contributed by atoms with Gasteiger partial charge in [0, 0.05) is 32.2 Å². The maximum absolute atomic E-state index is 5.59. The minimum absolute atomic E-state index is 0.520. The standard InChI is InChI=1S/C12H23NO/c1-4-10(2)7-13-8-11(14-3)12(9-13)5-6-12/h10-11H,4-9H2,1-3H3. The van der Waals surface area contributed by atoms with Gasteiger partial charge in [0.1, 0.15) is 0 Å². The van der Waals surface area contributed by atoms with Crippen LogP contribution < -0.4 is 0 Å². The summed E-state index contributed by atoms with van der Waals surface area (Å²) in [6, 6.07) is 0. The van der Waals surface area contributed by atoms with Crippen molar-refractivity contribution in [1.29, 1.82) is 0 Å². The highest BCUT2D eigenvalue weighted by atomic mass is 16.5. The molecule has 2 unspecified atom stereocenters. The molecule has 1 spiro atoms. The van der Waals surface area contributed by atoms with Crippen LogP contribution in [0.4, 0.5) is 0 Å². The summed E-state index contributed by atoms with van der Waals surface area (Å²) < 4.78 is 5.59. The van der Waals surface area contributed by atoms with E-state index in [1.807, 2.05) is 7.11 Å². The van der Waals surface area contributed by atoms with Gasteiger partial charge < -0.3 is 4.74 Å². The van der Waals surface area contributed by atoms with E-state index in [9.17, 15) is 0 Å². The highest BCUT2D eigenvalue weighted by Gasteiger charge is 2.55. The van der Waals surface area contributed by atoms with Crippen LogP contribution in [0.5, 0.6) is 0 Å². The zero-order valence-corrected chi connectivity index (χ0v) is 9.75. The molecule has 2 fully saturated rings. The Hall–Kier alpha value is -0.0800. The fraction of sp³-hybridized carbons (Fsp3) is 1.00. The van der Waals surface area contributed by atoms with E-state index >= 15 is 0 Å². The summed E-state index contributed by atoms with van der Waals surface area (Å²) in [5.74, 6) is 0.835. The SMILES string of the molecule is CCC(C)CN1CC(OC)C2(CC2)C1. The van der Waals surface area contributed by atoms with Crippen LogP contribution in [-0.2, 0) is 4.74 Å². The van der Waals surface area contributed by atoms with Crippen LogP contribution in [0.15, 0.2) is 0 Å². The smallest absolute Gasteiger partial charge is 0.0766 e. The van der Waals surface area contributed by atoms with Gasteiger partial charge in [-0.2, -0.15) is 0 Å². The van der Waals surface area contributed by atoms with E-state index in [4.69, 9.17) is 4.74 Å². The molecular formula is C12H23NO. The molecule has 0 bridgehead atoms. The Kier molecular flexibility index (Phi) is 2.85. The lowest BCUT2D eigenvalue weighted by atomic mass is 10.0. The third-order valence-corrected chi connectivity index (χ3v) is 4.09. The molecule has 1 aliphatic carbocycles. The van der Waals surface area contributed by atoms with E-state index in [0.717, 1.165) is 5.92 Å². The second kappa shape index (κ2) is 3.82. The highest BCUT2D eigenvalue weighted by molar-refractivity contribution is 5.07. The van der Waals surface area contributed by atoms with Crippen molar-refractivity contribution >= 4 is 0 Å². The van der Waals surface area contributed by atoms with Crippen molar-refractivity contribution in [2.45, 2.75) is 39.2 Å². The zero-order valence-electron chi connectivity index (χ0n) is 9.75. The molecular weight excluding hydrogens is 174 g/mol. The van der Waals surface area contributed by atoms with Gasteiger partial charge >= 0.3 is 0 Å². The third kappa shape index (κ3) is 1.82. The van der Waals surface area contributed by atoms with Crippen LogP contribution in [0.1, 0.15) is 33.1 Å². The lowest BCUT2D eigenvalue weighted by Gasteiger charge is -2.19. The van der Waals surface area contributed by atoms with Crippen LogP contribution in [-0.4, -0.2) is 37.7 Å². The second-order valence-corrected chi connectivity index (χ2v) is 5.29. The molecule has 2 atom stereocenters. The maximum atomic E-state index is 5.59. The summed E-state index contributed by atoms with van der Waals surface area (Å²) >= 11 is 0. The van der Waals surface area contributed by atoms with E-state index < -0.39 is 0 Å². The van der Waals surface area contributed by atoms with E-state index in [0.29, 0.717) is 11.5 Å². The lowest BCUT2D eigenvalue weighted by molar-refractivity contribution is 0.0694. The average molecular weight is 197 g/mol. The Morgan fingerprint density at radius 2 is 2.21 bits per heavy atom. The minimum Gasteiger partial charge on any atom is -0.379 e. The van der Waals surface area contributed by atoms with Gasteiger partial charge in [0.2, 0.25) is 0 Å². The Morgan fingerprint density at radius 3 is 2.64 bits per heavy atom. The summed E-state index contributed by atoms with van der Waals surface area (Å²) in [4.78, 5) is 2.61. The Bertz CT molecular complexity index is 200. The molecule has 0 aromatic heterocycles. The molecule has 1 saturated carbocycles. The van der Waals surface area contributed by atoms with Crippen molar-refractivity contribution in [3.05, 3.63) is 0 Å². The van der Waals surface area contributed by atoms with Crippen LogP contribution in [0, 0.1) is 11.3 Å². The number of likely N-dealkylation sites (tertiary alicyclic amines) is 1. The topological polar surface area (TPSA) is 12.5 Å². The van der Waals surface area contributed by atoms with Gasteiger partial charge in [-0.15, -0.1) is 0 Å². The molecule has 0 aromatic carbocycles. The first-order chi connectivity index (χ1) is 6.70. The zero-order chi connectivity index (χ0) is 10.2. The summed E-state index contributed by atoms with van der Waals surface area (Å²) in [7, 11) is 1.87. The van der Waals surface area contributed by atoms with Crippen molar-refractivity contribution in [2.24, 2.45) is 11.3 Å². The molecule has 0 N–H and O–H groups in total. The van der Waals surface area contributed by atoms with Gasteiger partial charge in [-0.05, 0) is 18.8 Å². The van der Waals surface area contributed by atoms with Gasteiger partial charge in [0.05, 0.1) is 6.10 Å². The molecule has 1 saturated heterocycles. The third-order valence-electron chi connectivity index (χ3n) is 4.09. The summed E-state index contributed by atoms with van der Waals surface area (Å²) in [5.41, 5.74) is 0.572. The van der Waals surface area contributed by atoms with Crippen LogP contribution in [0.2, 0.25) is 0 Å². The van der Waals surface area contributed by atoms with Crippen LogP contribution >= 0.6 is 0 Å². The number of ether oxygens (including phenoxy) is 1. The van der Waals surface area contributed by atoms with Gasteiger partial charge in [0.25, 0.3) is 0 Å². The van der Waals surface area contributed by atoms with E-state index in [-0.39, 0.29) is 0 Å². The number of methoxy groups -OCH3 is 1. The fourth-order valence-electron chi connectivity index (χ4n) is 2.71. The van der Waals surface area contributed by atoms with Crippen LogP contribution in [0.25, 0.3) is 0 Å². The van der Waals surface area contributed by atoms with Gasteiger partial charge in [-0.25, -0.2) is 0 Å². The largest absolute Gasteiger partial charge is 0.379 e. The van der Waals surface area contributed by atoms with Gasteiger partial charge in [-0.3, -0.25) is 4.90 Å². The first-order valence-electron chi connectivity index (χ1n) is 5.95. The van der Waals surface area contributed by atoms with E-state index in [1.165, 1.54) is 38.9 Å². The Balaban J connectivity index is 1.86. The quantitative estimate of drug-likeness (QED) is 0.684. The minimum atomic E-state index is 0.520. The highest BCUT2D eigenvalue weighted by Crippen LogP contribution is 2.53. The second-order valence-electron chi connectivity index (χ2n) is 5.29. The van der Waals surface area contributed by atoms with Crippen molar-refractivity contribution < 1.29 is 4.74 Å². The predicted molar refractivity (Wildman–Crippen MR) is 58.4 cm³/mol. The Morgan fingerprint density at radius 1 is 1.50 bits per heavy atom. The number of nitrogens with zero attached hydrogens (tertiary/aromatic N) is 1. The molecule has 2 rings (SSSR count). The number of hydrogen-bond acceptors (Lipinski definition) is 2. The predicted octanol–water partition coefficient (Wildman–Crippen LogP) is 2.14. The Labute approximate surface area is 87.6 Å². The summed E-state index contributed by atoms with van der Waals surface area (Å²) in [6.07, 6.45) is 4.60. The fourth-order valence-corrected chi connectivity index (χ4v) is 2.71. The molecule has 2 nitrogen and oxygen atoms in total.